The second-order valence-electron chi connectivity index (χ2n) is 3.81. The van der Waals surface area contributed by atoms with Crippen molar-refractivity contribution >= 4 is 40.4 Å². The van der Waals surface area contributed by atoms with Gasteiger partial charge in [0.05, 0.1) is 10.6 Å². The number of carbonyl (C=O) groups excluding carboxylic acids is 1. The number of nitrogens with two attached hydrogens (primary N) is 1. The summed E-state index contributed by atoms with van der Waals surface area (Å²) in [6.07, 6.45) is 0.434. The number of fused-ring (bicyclic) bond motifs is 1. The smallest absolute Gasteiger partial charge is 0.228 e. The zero-order chi connectivity index (χ0) is 11.8. The molecule has 1 aliphatic rings. The van der Waals surface area contributed by atoms with Crippen LogP contribution >= 0.6 is 23.1 Å². The summed E-state index contributed by atoms with van der Waals surface area (Å²) in [6.45, 7) is 0. The third kappa shape index (κ3) is 2.03. The van der Waals surface area contributed by atoms with Crippen LogP contribution in [0.4, 0.5) is 11.4 Å². The first-order valence-electron chi connectivity index (χ1n) is 5.16. The summed E-state index contributed by atoms with van der Waals surface area (Å²) < 4.78 is 1.20. The molecule has 1 aromatic carbocycles. The molecular formula is C12H10N2OS2. The van der Waals surface area contributed by atoms with E-state index in [4.69, 9.17) is 5.73 Å². The largest absolute Gasteiger partial charge is 0.398 e. The molecule has 1 aromatic heterocycles. The Morgan fingerprint density at radius 1 is 1.41 bits per heavy atom. The Balaban J connectivity index is 1.96. The molecule has 1 amide bonds. The second-order valence-corrected chi connectivity index (χ2v) is 6.10. The third-order valence-electron chi connectivity index (χ3n) is 2.57. The second kappa shape index (κ2) is 4.09. The Morgan fingerprint density at radius 2 is 2.29 bits per heavy atom. The first-order chi connectivity index (χ1) is 8.22. The zero-order valence-corrected chi connectivity index (χ0v) is 10.5. The van der Waals surface area contributed by atoms with Crippen molar-refractivity contribution in [1.29, 1.82) is 0 Å². The number of benzene rings is 1. The lowest BCUT2D eigenvalue weighted by atomic mass is 10.1. The van der Waals surface area contributed by atoms with Gasteiger partial charge < -0.3 is 11.1 Å². The van der Waals surface area contributed by atoms with Gasteiger partial charge in [-0.1, -0.05) is 17.8 Å². The van der Waals surface area contributed by atoms with Crippen LogP contribution in [0, 0.1) is 0 Å². The van der Waals surface area contributed by atoms with Crippen LogP contribution in [0.1, 0.15) is 5.56 Å². The summed E-state index contributed by atoms with van der Waals surface area (Å²) in [6, 6.07) is 7.92. The fraction of sp³-hybridized carbons (Fsp3) is 0.0833. The maximum absolute atomic E-state index is 11.3. The number of hydrogen-bond acceptors (Lipinski definition) is 4. The minimum Gasteiger partial charge on any atom is -0.398 e. The molecule has 2 heterocycles. The van der Waals surface area contributed by atoms with E-state index >= 15 is 0 Å². The maximum Gasteiger partial charge on any atom is 0.228 e. The van der Waals surface area contributed by atoms with E-state index in [0.717, 1.165) is 21.8 Å². The summed E-state index contributed by atoms with van der Waals surface area (Å²) in [5.74, 6) is 0.0395. The van der Waals surface area contributed by atoms with Gasteiger partial charge >= 0.3 is 0 Å². The van der Waals surface area contributed by atoms with Gasteiger partial charge in [-0.2, -0.15) is 0 Å². The molecule has 1 aliphatic heterocycles. The fourth-order valence-corrected chi connectivity index (χ4v) is 3.59. The quantitative estimate of drug-likeness (QED) is 0.818. The third-order valence-corrected chi connectivity index (χ3v) is 4.68. The summed E-state index contributed by atoms with van der Waals surface area (Å²) in [4.78, 5) is 12.3. The SMILES string of the molecule is Nc1cc2c(cc1Sc1cccs1)NC(=O)C2. The Labute approximate surface area is 107 Å². The predicted octanol–water partition coefficient (Wildman–Crippen LogP) is 2.98. The molecule has 3 rings (SSSR count). The van der Waals surface area contributed by atoms with Crippen molar-refractivity contribution in [3.8, 4) is 0 Å². The van der Waals surface area contributed by atoms with Crippen LogP contribution in [0.3, 0.4) is 0 Å². The lowest BCUT2D eigenvalue weighted by Crippen LogP contribution is -2.03. The number of nitrogens with one attached hydrogen (secondary N) is 1. The number of rotatable bonds is 2. The van der Waals surface area contributed by atoms with Crippen LogP contribution in [-0.2, 0) is 11.2 Å². The van der Waals surface area contributed by atoms with E-state index in [1.807, 2.05) is 23.6 Å². The molecule has 0 radical (unpaired) electrons. The molecule has 0 unspecified atom stereocenters. The van der Waals surface area contributed by atoms with E-state index in [2.05, 4.69) is 11.4 Å². The Hall–Kier alpha value is -1.46. The van der Waals surface area contributed by atoms with Crippen LogP contribution in [0.2, 0.25) is 0 Å². The number of thiophene rings is 1. The molecule has 0 fully saturated rings. The molecule has 3 N–H and O–H groups in total. The van der Waals surface area contributed by atoms with Gasteiger partial charge in [0.25, 0.3) is 0 Å². The molecule has 0 saturated carbocycles. The van der Waals surface area contributed by atoms with E-state index in [1.165, 1.54) is 4.21 Å². The van der Waals surface area contributed by atoms with Crippen molar-refractivity contribution in [2.45, 2.75) is 15.5 Å². The fourth-order valence-electron chi connectivity index (χ4n) is 1.79. The minimum absolute atomic E-state index is 0.0395. The Kier molecular flexibility index (Phi) is 2.57. The van der Waals surface area contributed by atoms with Gasteiger partial charge in [0.15, 0.2) is 0 Å². The summed E-state index contributed by atoms with van der Waals surface area (Å²) >= 11 is 3.31. The normalized spacial score (nSPS) is 13.5. The highest BCUT2D eigenvalue weighted by molar-refractivity contribution is 8.01. The first-order valence-corrected chi connectivity index (χ1v) is 6.85. The Bertz CT molecular complexity index is 578. The molecule has 0 atom stereocenters. The number of carbonyl (C=O) groups is 1. The van der Waals surface area contributed by atoms with Gasteiger partial charge in [0.2, 0.25) is 5.91 Å². The molecule has 0 saturated heterocycles. The van der Waals surface area contributed by atoms with E-state index in [-0.39, 0.29) is 5.91 Å². The molecule has 17 heavy (non-hydrogen) atoms. The minimum atomic E-state index is 0.0395. The van der Waals surface area contributed by atoms with Gasteiger partial charge in [0, 0.05) is 16.3 Å². The zero-order valence-electron chi connectivity index (χ0n) is 8.90. The molecule has 0 aliphatic carbocycles. The topological polar surface area (TPSA) is 55.1 Å². The van der Waals surface area contributed by atoms with E-state index in [0.29, 0.717) is 6.42 Å². The highest BCUT2D eigenvalue weighted by Gasteiger charge is 2.19. The average molecular weight is 262 g/mol. The van der Waals surface area contributed by atoms with Gasteiger partial charge in [-0.05, 0) is 29.1 Å². The van der Waals surface area contributed by atoms with Gasteiger partial charge in [-0.25, -0.2) is 0 Å². The van der Waals surface area contributed by atoms with Gasteiger partial charge in [-0.15, -0.1) is 11.3 Å². The summed E-state index contributed by atoms with van der Waals surface area (Å²) in [5.41, 5.74) is 8.62. The first kappa shape index (κ1) is 10.7. The number of nitrogen functional groups attached to an aromatic ring is 1. The average Bonchev–Trinajstić information content (AvgIpc) is 2.87. The standard InChI is InChI=1S/C12H10N2OS2/c13-8-4-7-5-11(15)14-9(7)6-10(8)17-12-2-1-3-16-12/h1-4,6H,5,13H2,(H,14,15). The van der Waals surface area contributed by atoms with Crippen LogP contribution in [0.15, 0.2) is 38.8 Å². The number of hydrogen-bond donors (Lipinski definition) is 2. The van der Waals surface area contributed by atoms with Crippen LogP contribution < -0.4 is 11.1 Å². The molecular weight excluding hydrogens is 252 g/mol. The molecule has 0 spiro atoms. The maximum atomic E-state index is 11.3. The molecule has 2 aromatic rings. The van der Waals surface area contributed by atoms with Crippen molar-refractivity contribution in [1.82, 2.24) is 0 Å². The molecule has 5 heteroatoms. The van der Waals surface area contributed by atoms with Crippen molar-refractivity contribution in [2.75, 3.05) is 11.1 Å². The summed E-state index contributed by atoms with van der Waals surface area (Å²) in [5, 5.41) is 4.88. The van der Waals surface area contributed by atoms with Crippen molar-refractivity contribution in [3.63, 3.8) is 0 Å². The number of amides is 1. The predicted molar refractivity (Wildman–Crippen MR) is 71.6 cm³/mol. The monoisotopic (exact) mass is 262 g/mol. The van der Waals surface area contributed by atoms with Crippen LogP contribution in [0.25, 0.3) is 0 Å². The van der Waals surface area contributed by atoms with Crippen molar-refractivity contribution < 1.29 is 4.79 Å². The van der Waals surface area contributed by atoms with Crippen molar-refractivity contribution in [3.05, 3.63) is 35.2 Å². The highest BCUT2D eigenvalue weighted by Crippen LogP contribution is 2.39. The Morgan fingerprint density at radius 3 is 3.06 bits per heavy atom. The summed E-state index contributed by atoms with van der Waals surface area (Å²) in [7, 11) is 0. The van der Waals surface area contributed by atoms with Crippen molar-refractivity contribution in [2.24, 2.45) is 0 Å². The highest BCUT2D eigenvalue weighted by atomic mass is 32.2. The van der Waals surface area contributed by atoms with Crippen LogP contribution in [0.5, 0.6) is 0 Å². The number of anilines is 2. The van der Waals surface area contributed by atoms with E-state index in [9.17, 15) is 4.79 Å². The van der Waals surface area contributed by atoms with Gasteiger partial charge in [-0.3, -0.25) is 4.79 Å². The molecule has 0 bridgehead atoms. The van der Waals surface area contributed by atoms with Gasteiger partial charge in [0.1, 0.15) is 0 Å². The van der Waals surface area contributed by atoms with E-state index in [1.54, 1.807) is 23.1 Å². The lowest BCUT2D eigenvalue weighted by Gasteiger charge is -2.07. The molecule has 3 nitrogen and oxygen atoms in total. The van der Waals surface area contributed by atoms with Crippen LogP contribution in [-0.4, -0.2) is 5.91 Å². The lowest BCUT2D eigenvalue weighted by molar-refractivity contribution is -0.115. The molecule has 86 valence electrons. The van der Waals surface area contributed by atoms with E-state index < -0.39 is 0 Å².